The lowest BCUT2D eigenvalue weighted by atomic mass is 10.1. The molecule has 0 unspecified atom stereocenters. The van der Waals surface area contributed by atoms with Crippen molar-refractivity contribution in [3.8, 4) is 0 Å². The summed E-state index contributed by atoms with van der Waals surface area (Å²) in [6.07, 6.45) is 0.642. The standard InChI is InChI=1S/C11H23NO4/c1-9(2)8-10(12)11(13)16-7-6-15-5-4-14-3/h9-10H,4-8,12H2,1-3H3/t10-/m0/s1. The third-order valence-corrected chi connectivity index (χ3v) is 1.93. The van der Waals surface area contributed by atoms with E-state index in [-0.39, 0.29) is 12.6 Å². The van der Waals surface area contributed by atoms with Crippen LogP contribution in [0.3, 0.4) is 0 Å². The van der Waals surface area contributed by atoms with Gasteiger partial charge in [0.05, 0.1) is 19.8 Å². The average molecular weight is 233 g/mol. The van der Waals surface area contributed by atoms with Gasteiger partial charge in [-0.2, -0.15) is 0 Å². The lowest BCUT2D eigenvalue weighted by Gasteiger charge is -2.13. The van der Waals surface area contributed by atoms with Crippen LogP contribution < -0.4 is 5.73 Å². The molecule has 0 heterocycles. The number of hydrogen-bond acceptors (Lipinski definition) is 5. The second kappa shape index (κ2) is 9.57. The molecule has 96 valence electrons. The summed E-state index contributed by atoms with van der Waals surface area (Å²) in [5, 5.41) is 0. The van der Waals surface area contributed by atoms with Crippen LogP contribution in [0.2, 0.25) is 0 Å². The molecule has 0 saturated carbocycles. The molecule has 0 aromatic rings. The van der Waals surface area contributed by atoms with E-state index in [0.29, 0.717) is 32.2 Å². The Bertz CT molecular complexity index is 185. The number of carbonyl (C=O) groups is 1. The number of methoxy groups -OCH3 is 1. The van der Waals surface area contributed by atoms with E-state index in [4.69, 9.17) is 19.9 Å². The normalized spacial score (nSPS) is 12.8. The van der Waals surface area contributed by atoms with Crippen LogP contribution in [0.15, 0.2) is 0 Å². The second-order valence-electron chi connectivity index (χ2n) is 4.01. The van der Waals surface area contributed by atoms with E-state index in [1.807, 2.05) is 13.8 Å². The zero-order chi connectivity index (χ0) is 12.4. The Kier molecular flexibility index (Phi) is 9.18. The Hall–Kier alpha value is -0.650. The van der Waals surface area contributed by atoms with Gasteiger partial charge in [-0.1, -0.05) is 13.8 Å². The summed E-state index contributed by atoms with van der Waals surface area (Å²) in [4.78, 5) is 11.3. The van der Waals surface area contributed by atoms with Crippen LogP contribution in [0.25, 0.3) is 0 Å². The van der Waals surface area contributed by atoms with E-state index in [2.05, 4.69) is 0 Å². The van der Waals surface area contributed by atoms with Crippen molar-refractivity contribution in [3.05, 3.63) is 0 Å². The molecule has 0 aromatic carbocycles. The number of ether oxygens (including phenoxy) is 3. The van der Waals surface area contributed by atoms with Crippen molar-refractivity contribution in [2.24, 2.45) is 11.7 Å². The molecular weight excluding hydrogens is 210 g/mol. The zero-order valence-electron chi connectivity index (χ0n) is 10.4. The van der Waals surface area contributed by atoms with Crippen molar-refractivity contribution in [2.75, 3.05) is 33.5 Å². The average Bonchev–Trinajstić information content (AvgIpc) is 2.21. The van der Waals surface area contributed by atoms with Gasteiger partial charge < -0.3 is 19.9 Å². The smallest absolute Gasteiger partial charge is 0.322 e. The number of esters is 1. The minimum absolute atomic E-state index is 0.244. The first-order valence-corrected chi connectivity index (χ1v) is 5.56. The van der Waals surface area contributed by atoms with Crippen molar-refractivity contribution in [3.63, 3.8) is 0 Å². The summed E-state index contributed by atoms with van der Waals surface area (Å²) < 4.78 is 14.9. The van der Waals surface area contributed by atoms with E-state index < -0.39 is 6.04 Å². The molecule has 0 bridgehead atoms. The van der Waals surface area contributed by atoms with Crippen LogP contribution in [0.5, 0.6) is 0 Å². The Morgan fingerprint density at radius 1 is 1.19 bits per heavy atom. The SMILES string of the molecule is COCCOCCOC(=O)[C@@H](N)CC(C)C. The van der Waals surface area contributed by atoms with E-state index in [1.54, 1.807) is 7.11 Å². The maximum atomic E-state index is 11.3. The van der Waals surface area contributed by atoms with Crippen LogP contribution in [0.4, 0.5) is 0 Å². The van der Waals surface area contributed by atoms with E-state index >= 15 is 0 Å². The van der Waals surface area contributed by atoms with Gasteiger partial charge >= 0.3 is 5.97 Å². The van der Waals surface area contributed by atoms with Crippen molar-refractivity contribution in [1.82, 2.24) is 0 Å². The second-order valence-corrected chi connectivity index (χ2v) is 4.01. The van der Waals surface area contributed by atoms with Crippen molar-refractivity contribution in [2.45, 2.75) is 26.3 Å². The van der Waals surface area contributed by atoms with Gasteiger partial charge in [0.1, 0.15) is 12.6 Å². The number of carbonyl (C=O) groups excluding carboxylic acids is 1. The molecule has 1 atom stereocenters. The summed E-state index contributed by atoms with van der Waals surface area (Å²) in [5.41, 5.74) is 5.65. The van der Waals surface area contributed by atoms with Gasteiger partial charge in [0.25, 0.3) is 0 Å². The van der Waals surface area contributed by atoms with E-state index in [0.717, 1.165) is 0 Å². The molecule has 0 aliphatic carbocycles. The highest BCUT2D eigenvalue weighted by Crippen LogP contribution is 2.03. The van der Waals surface area contributed by atoms with Crippen LogP contribution >= 0.6 is 0 Å². The molecule has 0 radical (unpaired) electrons. The Morgan fingerprint density at radius 3 is 2.38 bits per heavy atom. The van der Waals surface area contributed by atoms with Crippen LogP contribution in [0.1, 0.15) is 20.3 Å². The fourth-order valence-electron chi connectivity index (χ4n) is 1.16. The minimum atomic E-state index is -0.529. The predicted octanol–water partition coefficient (Wildman–Crippen LogP) is 0.566. The Balaban J connectivity index is 3.42. The van der Waals surface area contributed by atoms with Gasteiger partial charge in [0.15, 0.2) is 0 Å². The molecule has 0 spiro atoms. The first kappa shape index (κ1) is 15.3. The van der Waals surface area contributed by atoms with E-state index in [1.165, 1.54) is 0 Å². The molecule has 0 saturated heterocycles. The zero-order valence-corrected chi connectivity index (χ0v) is 10.4. The largest absolute Gasteiger partial charge is 0.462 e. The molecular formula is C11H23NO4. The van der Waals surface area contributed by atoms with Crippen LogP contribution in [-0.2, 0) is 19.0 Å². The number of rotatable bonds is 9. The summed E-state index contributed by atoms with van der Waals surface area (Å²) in [6, 6.07) is -0.529. The van der Waals surface area contributed by atoms with Gasteiger partial charge in [0.2, 0.25) is 0 Å². The molecule has 0 aromatic heterocycles. The maximum absolute atomic E-state index is 11.3. The molecule has 0 rings (SSSR count). The third kappa shape index (κ3) is 8.64. The molecule has 2 N–H and O–H groups in total. The lowest BCUT2D eigenvalue weighted by Crippen LogP contribution is -2.34. The minimum Gasteiger partial charge on any atom is -0.462 e. The fraction of sp³-hybridized carbons (Fsp3) is 0.909. The van der Waals surface area contributed by atoms with Crippen molar-refractivity contribution >= 4 is 5.97 Å². The summed E-state index contributed by atoms with van der Waals surface area (Å²) in [5.74, 6) is 0.0320. The highest BCUT2D eigenvalue weighted by Gasteiger charge is 2.15. The van der Waals surface area contributed by atoms with Gasteiger partial charge in [-0.3, -0.25) is 4.79 Å². The first-order valence-electron chi connectivity index (χ1n) is 5.56. The fourth-order valence-corrected chi connectivity index (χ4v) is 1.16. The molecule has 0 amide bonds. The number of hydrogen-bond donors (Lipinski definition) is 1. The first-order chi connectivity index (χ1) is 7.57. The third-order valence-electron chi connectivity index (χ3n) is 1.93. The van der Waals surface area contributed by atoms with Crippen molar-refractivity contribution < 1.29 is 19.0 Å². The highest BCUT2D eigenvalue weighted by molar-refractivity contribution is 5.75. The maximum Gasteiger partial charge on any atom is 0.322 e. The summed E-state index contributed by atoms with van der Waals surface area (Å²) in [7, 11) is 1.61. The summed E-state index contributed by atoms with van der Waals surface area (Å²) in [6.45, 7) is 5.70. The van der Waals surface area contributed by atoms with Crippen LogP contribution in [0, 0.1) is 5.92 Å². The number of nitrogens with two attached hydrogens (primary N) is 1. The molecule has 0 aliphatic heterocycles. The molecule has 5 nitrogen and oxygen atoms in total. The van der Waals surface area contributed by atoms with Gasteiger partial charge in [-0.15, -0.1) is 0 Å². The predicted molar refractivity (Wildman–Crippen MR) is 61.1 cm³/mol. The molecule has 0 fully saturated rings. The molecule has 0 aliphatic rings. The van der Waals surface area contributed by atoms with Crippen LogP contribution in [-0.4, -0.2) is 45.5 Å². The van der Waals surface area contributed by atoms with E-state index in [9.17, 15) is 4.79 Å². The summed E-state index contributed by atoms with van der Waals surface area (Å²) >= 11 is 0. The Labute approximate surface area is 97.2 Å². The molecule has 5 heteroatoms. The topological polar surface area (TPSA) is 70.8 Å². The molecule has 16 heavy (non-hydrogen) atoms. The Morgan fingerprint density at radius 2 is 1.81 bits per heavy atom. The van der Waals surface area contributed by atoms with Gasteiger partial charge in [0, 0.05) is 7.11 Å². The highest BCUT2D eigenvalue weighted by atomic mass is 16.6. The van der Waals surface area contributed by atoms with Gasteiger partial charge in [-0.05, 0) is 12.3 Å². The lowest BCUT2D eigenvalue weighted by molar-refractivity contribution is -0.147. The van der Waals surface area contributed by atoms with Crippen molar-refractivity contribution in [1.29, 1.82) is 0 Å². The van der Waals surface area contributed by atoms with Gasteiger partial charge in [-0.25, -0.2) is 0 Å². The monoisotopic (exact) mass is 233 g/mol. The quantitative estimate of drug-likeness (QED) is 0.465.